The molecule has 0 unspecified atom stereocenters. The van der Waals surface area contributed by atoms with Gasteiger partial charge in [-0.25, -0.2) is 0 Å². The first-order chi connectivity index (χ1) is 9.19. The van der Waals surface area contributed by atoms with Gasteiger partial charge in [-0.1, -0.05) is 39.7 Å². The molecule has 96 valence electrons. The fourth-order valence-corrected chi connectivity index (χ4v) is 2.30. The molecule has 0 aromatic heterocycles. The smallest absolute Gasteiger partial charge is 0.0991 e. The first-order valence-corrected chi connectivity index (χ1v) is 7.00. The first-order valence-electron chi connectivity index (χ1n) is 5.83. The summed E-state index contributed by atoms with van der Waals surface area (Å²) in [4.78, 5) is 0. The van der Waals surface area contributed by atoms with Crippen molar-refractivity contribution >= 4 is 27.5 Å². The van der Waals surface area contributed by atoms with Gasteiger partial charge >= 0.3 is 0 Å². The molecule has 19 heavy (non-hydrogen) atoms. The summed E-state index contributed by atoms with van der Waals surface area (Å²) in [6.07, 6.45) is 0. The zero-order valence-corrected chi connectivity index (χ0v) is 12.5. The van der Waals surface area contributed by atoms with E-state index in [-0.39, 0.29) is 0 Å². The van der Waals surface area contributed by atoms with Crippen molar-refractivity contribution in [2.24, 2.45) is 0 Å². The van der Waals surface area contributed by atoms with E-state index in [0.717, 1.165) is 33.7 Å². The van der Waals surface area contributed by atoms with Gasteiger partial charge in [0.1, 0.15) is 0 Å². The molecule has 2 rings (SSSR count). The van der Waals surface area contributed by atoms with E-state index in [1.807, 2.05) is 42.5 Å². The normalized spacial score (nSPS) is 10.2. The van der Waals surface area contributed by atoms with Crippen LogP contribution in [0, 0.1) is 11.3 Å². The lowest BCUT2D eigenvalue weighted by Crippen LogP contribution is -2.13. The predicted octanol–water partition coefficient (Wildman–Crippen LogP) is 4.26. The van der Waals surface area contributed by atoms with Gasteiger partial charge in [-0.2, -0.15) is 5.26 Å². The van der Waals surface area contributed by atoms with Crippen LogP contribution in [0.15, 0.2) is 46.9 Å². The van der Waals surface area contributed by atoms with E-state index in [2.05, 4.69) is 27.3 Å². The SMILES string of the molecule is N#Cc1ccc(CNCc2cc(Cl)ccc2Br)cc1. The number of nitrogens with one attached hydrogen (secondary N) is 1. The van der Waals surface area contributed by atoms with Gasteiger partial charge in [0, 0.05) is 22.6 Å². The van der Waals surface area contributed by atoms with Crippen molar-refractivity contribution in [3.63, 3.8) is 0 Å². The number of rotatable bonds is 4. The van der Waals surface area contributed by atoms with Gasteiger partial charge in [0.2, 0.25) is 0 Å². The van der Waals surface area contributed by atoms with Crippen LogP contribution in [0.2, 0.25) is 5.02 Å². The Bertz CT molecular complexity index is 603. The molecule has 0 aliphatic rings. The van der Waals surface area contributed by atoms with E-state index in [1.165, 1.54) is 0 Å². The number of hydrogen-bond donors (Lipinski definition) is 1. The average Bonchev–Trinajstić information content (AvgIpc) is 2.43. The molecule has 0 saturated carbocycles. The summed E-state index contributed by atoms with van der Waals surface area (Å²) in [7, 11) is 0. The van der Waals surface area contributed by atoms with Crippen molar-refractivity contribution in [3.05, 3.63) is 68.7 Å². The molecular weight excluding hydrogens is 324 g/mol. The van der Waals surface area contributed by atoms with Crippen LogP contribution in [-0.2, 0) is 13.1 Å². The summed E-state index contributed by atoms with van der Waals surface area (Å²) in [6.45, 7) is 1.49. The second-order valence-corrected chi connectivity index (χ2v) is 5.44. The second kappa shape index (κ2) is 6.72. The molecule has 0 bridgehead atoms. The Hall–Kier alpha value is -1.34. The van der Waals surface area contributed by atoms with E-state index < -0.39 is 0 Å². The number of hydrogen-bond acceptors (Lipinski definition) is 2. The minimum Gasteiger partial charge on any atom is -0.309 e. The molecule has 2 aromatic rings. The Morgan fingerprint density at radius 1 is 1.11 bits per heavy atom. The Morgan fingerprint density at radius 3 is 2.53 bits per heavy atom. The monoisotopic (exact) mass is 334 g/mol. The maximum atomic E-state index is 8.73. The average molecular weight is 336 g/mol. The van der Waals surface area contributed by atoms with E-state index in [1.54, 1.807) is 0 Å². The number of nitriles is 1. The molecule has 0 radical (unpaired) electrons. The highest BCUT2D eigenvalue weighted by Gasteiger charge is 2.01. The molecule has 0 aliphatic carbocycles. The molecule has 2 nitrogen and oxygen atoms in total. The second-order valence-electron chi connectivity index (χ2n) is 4.15. The highest BCUT2D eigenvalue weighted by Crippen LogP contribution is 2.21. The van der Waals surface area contributed by atoms with Gasteiger partial charge in [-0.15, -0.1) is 0 Å². The maximum Gasteiger partial charge on any atom is 0.0991 e. The molecule has 0 fully saturated rings. The number of benzene rings is 2. The van der Waals surface area contributed by atoms with Gasteiger partial charge in [0.25, 0.3) is 0 Å². The third kappa shape index (κ3) is 4.07. The highest BCUT2D eigenvalue weighted by molar-refractivity contribution is 9.10. The summed E-state index contributed by atoms with van der Waals surface area (Å²) in [5, 5.41) is 12.8. The van der Waals surface area contributed by atoms with Crippen molar-refractivity contribution in [2.45, 2.75) is 13.1 Å². The van der Waals surface area contributed by atoms with E-state index in [9.17, 15) is 0 Å². The van der Waals surface area contributed by atoms with Crippen molar-refractivity contribution in [1.82, 2.24) is 5.32 Å². The zero-order chi connectivity index (χ0) is 13.7. The van der Waals surface area contributed by atoms with Crippen LogP contribution in [0.1, 0.15) is 16.7 Å². The molecule has 0 saturated heterocycles. The van der Waals surface area contributed by atoms with E-state index in [0.29, 0.717) is 5.56 Å². The lowest BCUT2D eigenvalue weighted by atomic mass is 10.1. The number of nitrogens with zero attached hydrogens (tertiary/aromatic N) is 1. The summed E-state index contributed by atoms with van der Waals surface area (Å²) in [5.74, 6) is 0. The molecule has 1 N–H and O–H groups in total. The minimum absolute atomic E-state index is 0.682. The van der Waals surface area contributed by atoms with Gasteiger partial charge in [-0.3, -0.25) is 0 Å². The van der Waals surface area contributed by atoms with Crippen molar-refractivity contribution in [3.8, 4) is 6.07 Å². The Kier molecular flexibility index (Phi) is 4.98. The highest BCUT2D eigenvalue weighted by atomic mass is 79.9. The van der Waals surface area contributed by atoms with Crippen LogP contribution in [0.25, 0.3) is 0 Å². The Labute approximate surface area is 126 Å². The standard InChI is InChI=1S/C15H12BrClN2/c16-15-6-5-14(17)7-13(15)10-19-9-12-3-1-11(8-18)2-4-12/h1-7,19H,9-10H2. The van der Waals surface area contributed by atoms with Crippen LogP contribution >= 0.6 is 27.5 Å². The lowest BCUT2D eigenvalue weighted by Gasteiger charge is -2.07. The third-order valence-corrected chi connectivity index (χ3v) is 3.74. The largest absolute Gasteiger partial charge is 0.309 e. The van der Waals surface area contributed by atoms with Gasteiger partial charge in [0.15, 0.2) is 0 Å². The van der Waals surface area contributed by atoms with E-state index in [4.69, 9.17) is 16.9 Å². The lowest BCUT2D eigenvalue weighted by molar-refractivity contribution is 0.691. The maximum absolute atomic E-state index is 8.73. The van der Waals surface area contributed by atoms with Gasteiger partial charge in [0.05, 0.1) is 11.6 Å². The van der Waals surface area contributed by atoms with Crippen LogP contribution in [0.5, 0.6) is 0 Å². The minimum atomic E-state index is 0.682. The van der Waals surface area contributed by atoms with Gasteiger partial charge < -0.3 is 5.32 Å². The number of halogens is 2. The summed E-state index contributed by atoms with van der Waals surface area (Å²) < 4.78 is 1.05. The van der Waals surface area contributed by atoms with Crippen molar-refractivity contribution in [2.75, 3.05) is 0 Å². The van der Waals surface area contributed by atoms with Crippen LogP contribution in [0.3, 0.4) is 0 Å². The molecule has 0 amide bonds. The third-order valence-electron chi connectivity index (χ3n) is 2.74. The molecule has 4 heteroatoms. The molecule has 0 aliphatic heterocycles. The van der Waals surface area contributed by atoms with Crippen LogP contribution in [-0.4, -0.2) is 0 Å². The molecule has 0 heterocycles. The molecule has 2 aromatic carbocycles. The zero-order valence-electron chi connectivity index (χ0n) is 10.2. The molecular formula is C15H12BrClN2. The van der Waals surface area contributed by atoms with Crippen molar-refractivity contribution in [1.29, 1.82) is 5.26 Å². The quantitative estimate of drug-likeness (QED) is 0.906. The molecule has 0 spiro atoms. The molecule has 0 atom stereocenters. The summed E-state index contributed by atoms with van der Waals surface area (Å²) in [6, 6.07) is 15.4. The fraction of sp³-hybridized carbons (Fsp3) is 0.133. The van der Waals surface area contributed by atoms with Gasteiger partial charge in [-0.05, 0) is 41.5 Å². The first kappa shape index (κ1) is 14.1. The van der Waals surface area contributed by atoms with Crippen LogP contribution in [0.4, 0.5) is 0 Å². The Balaban J connectivity index is 1.92. The van der Waals surface area contributed by atoms with E-state index >= 15 is 0 Å². The Morgan fingerprint density at radius 2 is 1.84 bits per heavy atom. The predicted molar refractivity (Wildman–Crippen MR) is 80.9 cm³/mol. The van der Waals surface area contributed by atoms with Crippen LogP contribution < -0.4 is 5.32 Å². The fourth-order valence-electron chi connectivity index (χ4n) is 1.72. The van der Waals surface area contributed by atoms with Crippen molar-refractivity contribution < 1.29 is 0 Å². The summed E-state index contributed by atoms with van der Waals surface area (Å²) in [5.41, 5.74) is 2.96. The summed E-state index contributed by atoms with van der Waals surface area (Å²) >= 11 is 9.47. The topological polar surface area (TPSA) is 35.8 Å².